The van der Waals surface area contributed by atoms with Crippen LogP contribution in [0.25, 0.3) is 11.1 Å². The Morgan fingerprint density at radius 1 is 1.21 bits per heavy atom. The van der Waals surface area contributed by atoms with Gasteiger partial charge in [-0.1, -0.05) is 17.7 Å². The lowest BCUT2D eigenvalue weighted by molar-refractivity contribution is 1.30. The third-order valence-corrected chi connectivity index (χ3v) is 2.13. The minimum absolute atomic E-state index is 0.401. The highest BCUT2D eigenvalue weighted by Crippen LogP contribution is 2.25. The van der Waals surface area contributed by atoms with Gasteiger partial charge in [-0.15, -0.1) is 0 Å². The Labute approximate surface area is 86.6 Å². The second kappa shape index (κ2) is 3.64. The molecular weight excluding hydrogens is 198 g/mol. The molecule has 3 nitrogen and oxygen atoms in total. The molecule has 0 fully saturated rings. The molecule has 4 heteroatoms. The molecule has 0 aromatic carbocycles. The van der Waals surface area contributed by atoms with Gasteiger partial charge >= 0.3 is 0 Å². The summed E-state index contributed by atoms with van der Waals surface area (Å²) in [5.74, 6) is 0.419. The van der Waals surface area contributed by atoms with Crippen LogP contribution in [0.2, 0.25) is 5.15 Å². The van der Waals surface area contributed by atoms with Crippen molar-refractivity contribution in [3.8, 4) is 11.1 Å². The third kappa shape index (κ3) is 1.67. The van der Waals surface area contributed by atoms with Crippen molar-refractivity contribution < 1.29 is 0 Å². The van der Waals surface area contributed by atoms with Crippen LogP contribution in [0.4, 0.5) is 5.82 Å². The second-order valence-corrected chi connectivity index (χ2v) is 3.17. The van der Waals surface area contributed by atoms with E-state index in [4.69, 9.17) is 17.3 Å². The van der Waals surface area contributed by atoms with Crippen molar-refractivity contribution in [3.63, 3.8) is 0 Å². The Bertz CT molecular complexity index is 442. The minimum atomic E-state index is 0.401. The van der Waals surface area contributed by atoms with Crippen molar-refractivity contribution in [2.75, 3.05) is 5.73 Å². The lowest BCUT2D eigenvalue weighted by atomic mass is 10.1. The summed E-state index contributed by atoms with van der Waals surface area (Å²) in [5.41, 5.74) is 7.27. The number of nitrogens with zero attached hydrogens (tertiary/aromatic N) is 2. The molecule has 0 saturated heterocycles. The zero-order chi connectivity index (χ0) is 9.97. The SMILES string of the molecule is Nc1ccc(-c2cccnc2)c(Cl)n1. The van der Waals surface area contributed by atoms with Crippen molar-refractivity contribution in [1.82, 2.24) is 9.97 Å². The van der Waals surface area contributed by atoms with Gasteiger partial charge in [0.2, 0.25) is 0 Å². The number of anilines is 1. The van der Waals surface area contributed by atoms with E-state index in [1.165, 1.54) is 0 Å². The van der Waals surface area contributed by atoms with Crippen LogP contribution < -0.4 is 5.73 Å². The van der Waals surface area contributed by atoms with Crippen molar-refractivity contribution in [2.24, 2.45) is 0 Å². The van der Waals surface area contributed by atoms with Crippen LogP contribution in [-0.2, 0) is 0 Å². The zero-order valence-corrected chi connectivity index (χ0v) is 8.07. The fourth-order valence-electron chi connectivity index (χ4n) is 1.19. The Hall–Kier alpha value is -1.61. The molecule has 0 spiro atoms. The first-order valence-electron chi connectivity index (χ1n) is 4.10. The molecule has 0 bridgehead atoms. The smallest absolute Gasteiger partial charge is 0.139 e. The third-order valence-electron chi connectivity index (χ3n) is 1.84. The lowest BCUT2D eigenvalue weighted by Crippen LogP contribution is -1.91. The predicted molar refractivity (Wildman–Crippen MR) is 56.9 cm³/mol. The normalized spacial score (nSPS) is 10.1. The Morgan fingerprint density at radius 2 is 2.07 bits per heavy atom. The monoisotopic (exact) mass is 205 g/mol. The van der Waals surface area contributed by atoms with Crippen molar-refractivity contribution >= 4 is 17.4 Å². The van der Waals surface area contributed by atoms with E-state index in [1.54, 1.807) is 18.5 Å². The number of hydrogen-bond donors (Lipinski definition) is 1. The summed E-state index contributed by atoms with van der Waals surface area (Å²) in [7, 11) is 0. The lowest BCUT2D eigenvalue weighted by Gasteiger charge is -2.03. The molecule has 2 heterocycles. The highest BCUT2D eigenvalue weighted by molar-refractivity contribution is 6.32. The molecular formula is C10H8ClN3. The molecule has 0 aliphatic heterocycles. The summed E-state index contributed by atoms with van der Waals surface area (Å²) in [4.78, 5) is 7.97. The van der Waals surface area contributed by atoms with E-state index in [9.17, 15) is 0 Å². The average molecular weight is 206 g/mol. The molecule has 0 atom stereocenters. The van der Waals surface area contributed by atoms with E-state index < -0.39 is 0 Å². The van der Waals surface area contributed by atoms with E-state index in [2.05, 4.69) is 9.97 Å². The number of nitrogen functional groups attached to an aromatic ring is 1. The van der Waals surface area contributed by atoms with Gasteiger partial charge < -0.3 is 5.73 Å². The molecule has 2 N–H and O–H groups in total. The van der Waals surface area contributed by atoms with Crippen molar-refractivity contribution in [1.29, 1.82) is 0 Å². The van der Waals surface area contributed by atoms with Gasteiger partial charge in [0.1, 0.15) is 11.0 Å². The van der Waals surface area contributed by atoms with Crippen LogP contribution in [0.1, 0.15) is 0 Å². The summed E-state index contributed by atoms with van der Waals surface area (Å²) in [6.45, 7) is 0. The van der Waals surface area contributed by atoms with Gasteiger partial charge in [0.15, 0.2) is 0 Å². The molecule has 14 heavy (non-hydrogen) atoms. The fraction of sp³-hybridized carbons (Fsp3) is 0. The maximum atomic E-state index is 5.95. The van der Waals surface area contributed by atoms with E-state index in [0.717, 1.165) is 11.1 Å². The van der Waals surface area contributed by atoms with E-state index in [-0.39, 0.29) is 0 Å². The molecule has 0 aliphatic carbocycles. The van der Waals surface area contributed by atoms with Gasteiger partial charge in [-0.05, 0) is 18.2 Å². The molecule has 2 rings (SSSR count). The highest BCUT2D eigenvalue weighted by atomic mass is 35.5. The first-order valence-corrected chi connectivity index (χ1v) is 4.47. The van der Waals surface area contributed by atoms with Crippen LogP contribution in [0.15, 0.2) is 36.7 Å². The van der Waals surface area contributed by atoms with Gasteiger partial charge in [0.25, 0.3) is 0 Å². The summed E-state index contributed by atoms with van der Waals surface area (Å²) in [6, 6.07) is 7.32. The molecule has 0 aliphatic rings. The summed E-state index contributed by atoms with van der Waals surface area (Å²) in [6.07, 6.45) is 3.45. The number of halogens is 1. The Morgan fingerprint density at radius 3 is 2.71 bits per heavy atom. The van der Waals surface area contributed by atoms with Gasteiger partial charge in [0, 0.05) is 23.5 Å². The Balaban J connectivity index is 2.53. The van der Waals surface area contributed by atoms with E-state index in [0.29, 0.717) is 11.0 Å². The molecule has 0 saturated carbocycles. The summed E-state index contributed by atoms with van der Waals surface area (Å²) in [5, 5.41) is 0.401. The molecule has 70 valence electrons. The predicted octanol–water partition coefficient (Wildman–Crippen LogP) is 2.38. The van der Waals surface area contributed by atoms with Gasteiger partial charge in [-0.3, -0.25) is 4.98 Å². The van der Waals surface area contributed by atoms with Gasteiger partial charge in [-0.25, -0.2) is 4.98 Å². The first-order chi connectivity index (χ1) is 6.77. The van der Waals surface area contributed by atoms with Crippen LogP contribution in [-0.4, -0.2) is 9.97 Å². The number of pyridine rings is 2. The second-order valence-electron chi connectivity index (χ2n) is 2.82. The minimum Gasteiger partial charge on any atom is -0.384 e. The van der Waals surface area contributed by atoms with Crippen LogP contribution in [0.3, 0.4) is 0 Å². The zero-order valence-electron chi connectivity index (χ0n) is 7.31. The van der Waals surface area contributed by atoms with Crippen LogP contribution in [0.5, 0.6) is 0 Å². The number of rotatable bonds is 1. The van der Waals surface area contributed by atoms with Gasteiger partial charge in [0.05, 0.1) is 0 Å². The molecule has 0 amide bonds. The molecule has 2 aromatic heterocycles. The highest BCUT2D eigenvalue weighted by Gasteiger charge is 2.04. The number of aromatic nitrogens is 2. The summed E-state index contributed by atoms with van der Waals surface area (Å²) < 4.78 is 0. The topological polar surface area (TPSA) is 51.8 Å². The maximum Gasteiger partial charge on any atom is 0.139 e. The quantitative estimate of drug-likeness (QED) is 0.728. The van der Waals surface area contributed by atoms with Crippen LogP contribution in [0, 0.1) is 0 Å². The first kappa shape index (κ1) is 8.97. The molecule has 0 unspecified atom stereocenters. The van der Waals surface area contributed by atoms with E-state index >= 15 is 0 Å². The summed E-state index contributed by atoms with van der Waals surface area (Å²) >= 11 is 5.95. The fourth-order valence-corrected chi connectivity index (χ4v) is 1.46. The average Bonchev–Trinajstić information content (AvgIpc) is 2.19. The molecule has 0 radical (unpaired) electrons. The Kier molecular flexibility index (Phi) is 2.33. The number of nitrogens with two attached hydrogens (primary N) is 1. The molecule has 2 aromatic rings. The van der Waals surface area contributed by atoms with E-state index in [1.807, 2.05) is 18.2 Å². The van der Waals surface area contributed by atoms with Crippen molar-refractivity contribution in [3.05, 3.63) is 41.8 Å². The standard InChI is InChI=1S/C10H8ClN3/c11-10-8(3-4-9(12)14-10)7-2-1-5-13-6-7/h1-6H,(H2,12,14). The number of hydrogen-bond acceptors (Lipinski definition) is 3. The van der Waals surface area contributed by atoms with Crippen molar-refractivity contribution in [2.45, 2.75) is 0 Å². The van der Waals surface area contributed by atoms with Crippen LogP contribution >= 0.6 is 11.6 Å². The maximum absolute atomic E-state index is 5.95. The van der Waals surface area contributed by atoms with Gasteiger partial charge in [-0.2, -0.15) is 0 Å². The largest absolute Gasteiger partial charge is 0.384 e.